The largest absolute Gasteiger partial charge is 0.481 e. The number of rotatable bonds is 2. The Morgan fingerprint density at radius 3 is 3.19 bits per heavy atom. The molecule has 5 nitrogen and oxygen atoms in total. The summed E-state index contributed by atoms with van der Waals surface area (Å²) in [5.41, 5.74) is 2.17. The number of aromatic nitrogens is 1. The van der Waals surface area contributed by atoms with Crippen LogP contribution in [0.25, 0.3) is 10.2 Å². The average molecular weight is 303 g/mol. The maximum atomic E-state index is 11.8. The van der Waals surface area contributed by atoms with Gasteiger partial charge in [0.1, 0.15) is 0 Å². The van der Waals surface area contributed by atoms with Gasteiger partial charge >= 0.3 is 0 Å². The van der Waals surface area contributed by atoms with Gasteiger partial charge in [0.15, 0.2) is 0 Å². The number of hydrogen-bond donors (Lipinski definition) is 0. The number of amides is 1. The van der Waals surface area contributed by atoms with E-state index < -0.39 is 0 Å². The Bertz CT molecular complexity index is 699. The van der Waals surface area contributed by atoms with Crippen LogP contribution in [0.1, 0.15) is 12.8 Å². The van der Waals surface area contributed by atoms with Crippen LogP contribution >= 0.6 is 11.3 Å². The lowest BCUT2D eigenvalue weighted by Gasteiger charge is -2.39. The number of carbonyl (C=O) groups excluding carboxylic acids is 1. The van der Waals surface area contributed by atoms with E-state index in [1.54, 1.807) is 18.4 Å². The smallest absolute Gasteiger partial charge is 0.223 e. The van der Waals surface area contributed by atoms with E-state index in [0.717, 1.165) is 31.6 Å². The number of anilines is 1. The normalized spacial score (nSPS) is 22.0. The zero-order valence-corrected chi connectivity index (χ0v) is 12.7. The van der Waals surface area contributed by atoms with Gasteiger partial charge < -0.3 is 14.5 Å². The van der Waals surface area contributed by atoms with Crippen molar-refractivity contribution in [1.82, 2.24) is 9.88 Å². The lowest BCUT2D eigenvalue weighted by Crippen LogP contribution is -2.51. The number of fused-ring (bicyclic) bond motifs is 2. The lowest BCUT2D eigenvalue weighted by molar-refractivity contribution is -0.129. The Morgan fingerprint density at radius 2 is 2.33 bits per heavy atom. The molecule has 4 heterocycles. The van der Waals surface area contributed by atoms with Crippen LogP contribution in [-0.2, 0) is 4.79 Å². The van der Waals surface area contributed by atoms with Gasteiger partial charge in [0.2, 0.25) is 11.8 Å². The molecule has 0 spiro atoms. The van der Waals surface area contributed by atoms with Crippen molar-refractivity contribution in [1.29, 1.82) is 0 Å². The van der Waals surface area contributed by atoms with Gasteiger partial charge in [-0.3, -0.25) is 4.79 Å². The van der Waals surface area contributed by atoms with E-state index in [9.17, 15) is 4.79 Å². The van der Waals surface area contributed by atoms with Gasteiger partial charge in [-0.1, -0.05) is 0 Å². The molecule has 1 amide bonds. The molecular weight excluding hydrogens is 286 g/mol. The zero-order chi connectivity index (χ0) is 14.4. The van der Waals surface area contributed by atoms with Crippen LogP contribution in [0.3, 0.4) is 0 Å². The summed E-state index contributed by atoms with van der Waals surface area (Å²) in [6.45, 7) is 2.61. The lowest BCUT2D eigenvalue weighted by atomic mass is 10.1. The first-order valence-electron chi connectivity index (χ1n) is 7.23. The van der Waals surface area contributed by atoms with Crippen LogP contribution in [0, 0.1) is 0 Å². The minimum Gasteiger partial charge on any atom is -0.481 e. The van der Waals surface area contributed by atoms with Crippen molar-refractivity contribution in [2.45, 2.75) is 18.9 Å². The van der Waals surface area contributed by atoms with Crippen LogP contribution in [0.5, 0.6) is 5.88 Å². The minimum atomic E-state index is 0.313. The van der Waals surface area contributed by atoms with Gasteiger partial charge in [-0.15, -0.1) is 11.3 Å². The summed E-state index contributed by atoms with van der Waals surface area (Å²) in [5.74, 6) is 0.967. The predicted molar refractivity (Wildman–Crippen MR) is 83.1 cm³/mol. The molecule has 1 unspecified atom stereocenters. The second-order valence-electron chi connectivity index (χ2n) is 5.54. The Balaban J connectivity index is 1.70. The first-order valence-corrected chi connectivity index (χ1v) is 8.11. The highest BCUT2D eigenvalue weighted by Gasteiger charge is 2.36. The maximum absolute atomic E-state index is 11.8. The fourth-order valence-electron chi connectivity index (χ4n) is 3.34. The highest BCUT2D eigenvalue weighted by molar-refractivity contribution is 7.17. The molecule has 1 atom stereocenters. The van der Waals surface area contributed by atoms with E-state index in [2.05, 4.69) is 15.3 Å². The molecule has 2 aliphatic heterocycles. The van der Waals surface area contributed by atoms with Crippen molar-refractivity contribution in [3.63, 3.8) is 0 Å². The van der Waals surface area contributed by atoms with Crippen molar-refractivity contribution in [2.24, 2.45) is 0 Å². The molecule has 110 valence electrons. The summed E-state index contributed by atoms with van der Waals surface area (Å²) in [4.78, 5) is 20.7. The number of piperazine rings is 1. The van der Waals surface area contributed by atoms with E-state index in [-0.39, 0.29) is 0 Å². The molecule has 0 aromatic carbocycles. The Morgan fingerprint density at radius 1 is 1.43 bits per heavy atom. The van der Waals surface area contributed by atoms with Gasteiger partial charge in [0, 0.05) is 38.2 Å². The highest BCUT2D eigenvalue weighted by Crippen LogP contribution is 2.35. The van der Waals surface area contributed by atoms with Crippen molar-refractivity contribution >= 4 is 33.1 Å². The highest BCUT2D eigenvalue weighted by atomic mass is 32.1. The van der Waals surface area contributed by atoms with E-state index in [0.29, 0.717) is 24.2 Å². The van der Waals surface area contributed by atoms with Crippen LogP contribution in [0.15, 0.2) is 17.5 Å². The van der Waals surface area contributed by atoms with Crippen LogP contribution in [0.4, 0.5) is 5.69 Å². The molecule has 2 aromatic rings. The Hall–Kier alpha value is -1.82. The number of thiophene rings is 1. The molecule has 0 saturated carbocycles. The number of carbonyl (C=O) groups is 1. The van der Waals surface area contributed by atoms with Crippen LogP contribution in [0.2, 0.25) is 0 Å². The maximum Gasteiger partial charge on any atom is 0.223 e. The number of ether oxygens (including phenoxy) is 1. The number of pyridine rings is 1. The number of methoxy groups -OCH3 is 1. The summed E-state index contributed by atoms with van der Waals surface area (Å²) in [5, 5.41) is 2.07. The van der Waals surface area contributed by atoms with Crippen LogP contribution in [-0.4, -0.2) is 48.6 Å². The molecule has 21 heavy (non-hydrogen) atoms. The molecule has 2 aliphatic rings. The van der Waals surface area contributed by atoms with E-state index in [1.165, 1.54) is 10.4 Å². The zero-order valence-electron chi connectivity index (χ0n) is 11.9. The molecular formula is C15H17N3O2S. The van der Waals surface area contributed by atoms with E-state index in [4.69, 9.17) is 4.74 Å². The minimum absolute atomic E-state index is 0.313. The molecule has 0 N–H and O–H groups in total. The quantitative estimate of drug-likeness (QED) is 0.852. The van der Waals surface area contributed by atoms with Gasteiger partial charge in [-0.05, 0) is 17.9 Å². The summed E-state index contributed by atoms with van der Waals surface area (Å²) < 4.78 is 6.53. The second kappa shape index (κ2) is 4.87. The molecule has 2 saturated heterocycles. The fourth-order valence-corrected chi connectivity index (χ4v) is 4.21. The third-order valence-corrected chi connectivity index (χ3v) is 5.34. The average Bonchev–Trinajstić information content (AvgIpc) is 3.12. The molecule has 6 heteroatoms. The summed E-state index contributed by atoms with van der Waals surface area (Å²) in [7, 11) is 1.65. The topological polar surface area (TPSA) is 45.7 Å². The molecule has 0 aliphatic carbocycles. The standard InChI is InChI=1S/C15H17N3O2S/c1-20-13-8-12(15-11(16-13)4-7-21-15)17-5-6-18-10(9-17)2-3-14(18)19/h4,7-8,10H,2-3,5-6,9H2,1H3. The number of hydrogen-bond acceptors (Lipinski definition) is 5. The molecule has 2 aromatic heterocycles. The van der Waals surface area contributed by atoms with Gasteiger partial charge in [0.25, 0.3) is 0 Å². The van der Waals surface area contributed by atoms with E-state index in [1.807, 2.05) is 17.0 Å². The van der Waals surface area contributed by atoms with Crippen LogP contribution < -0.4 is 9.64 Å². The van der Waals surface area contributed by atoms with Crippen molar-refractivity contribution in [3.8, 4) is 5.88 Å². The summed E-state index contributed by atoms with van der Waals surface area (Å²) in [6, 6.07) is 4.41. The first kappa shape index (κ1) is 12.9. The Kier molecular flexibility index (Phi) is 2.99. The summed E-state index contributed by atoms with van der Waals surface area (Å²) >= 11 is 1.71. The van der Waals surface area contributed by atoms with Gasteiger partial charge in [-0.25, -0.2) is 4.98 Å². The fraction of sp³-hybridized carbons (Fsp3) is 0.467. The second-order valence-corrected chi connectivity index (χ2v) is 6.46. The summed E-state index contributed by atoms with van der Waals surface area (Å²) in [6.07, 6.45) is 1.68. The van der Waals surface area contributed by atoms with Gasteiger partial charge in [0.05, 0.1) is 23.0 Å². The third kappa shape index (κ3) is 2.05. The van der Waals surface area contributed by atoms with Crippen molar-refractivity contribution in [2.75, 3.05) is 31.6 Å². The van der Waals surface area contributed by atoms with Crippen molar-refractivity contribution < 1.29 is 9.53 Å². The predicted octanol–water partition coefficient (Wildman–Crippen LogP) is 2.12. The monoisotopic (exact) mass is 303 g/mol. The Labute approximate surface area is 127 Å². The first-order chi connectivity index (χ1) is 10.3. The SMILES string of the molecule is COc1cc(N2CCN3C(=O)CCC3C2)c2sccc2n1. The molecule has 0 bridgehead atoms. The third-order valence-electron chi connectivity index (χ3n) is 4.41. The molecule has 4 rings (SSSR count). The number of nitrogens with zero attached hydrogens (tertiary/aromatic N) is 3. The molecule has 0 radical (unpaired) electrons. The van der Waals surface area contributed by atoms with Crippen molar-refractivity contribution in [3.05, 3.63) is 17.5 Å². The molecule has 2 fully saturated rings. The van der Waals surface area contributed by atoms with E-state index >= 15 is 0 Å². The van der Waals surface area contributed by atoms with Gasteiger partial charge in [-0.2, -0.15) is 0 Å².